The first kappa shape index (κ1) is 24.3. The predicted octanol–water partition coefficient (Wildman–Crippen LogP) is 2.70. The molecule has 2 aromatic rings. The molecule has 1 N–H and O–H groups in total. The van der Waals surface area contributed by atoms with Crippen molar-refractivity contribution in [1.29, 1.82) is 0 Å². The molecule has 2 amide bonds. The van der Waals surface area contributed by atoms with Gasteiger partial charge >= 0.3 is 0 Å². The largest absolute Gasteiger partial charge is 0.353 e. The van der Waals surface area contributed by atoms with Crippen molar-refractivity contribution in [2.24, 2.45) is 7.05 Å². The molecule has 0 fully saturated rings. The van der Waals surface area contributed by atoms with Crippen molar-refractivity contribution in [2.75, 3.05) is 44.4 Å². The van der Waals surface area contributed by atoms with Crippen molar-refractivity contribution in [3.8, 4) is 0 Å². The zero-order chi connectivity index (χ0) is 23.6. The zero-order valence-corrected chi connectivity index (χ0v) is 20.4. The number of benzene rings is 1. The van der Waals surface area contributed by atoms with E-state index in [0.717, 1.165) is 16.8 Å². The van der Waals surface area contributed by atoms with Crippen molar-refractivity contribution in [3.05, 3.63) is 46.9 Å². The van der Waals surface area contributed by atoms with E-state index in [4.69, 9.17) is 5.10 Å². The van der Waals surface area contributed by atoms with Crippen LogP contribution in [0.2, 0.25) is 0 Å². The smallest absolute Gasteiger partial charge is 0.240 e. The van der Waals surface area contributed by atoms with Gasteiger partial charge in [-0.25, -0.2) is 4.39 Å². The van der Waals surface area contributed by atoms with E-state index in [1.54, 1.807) is 17.8 Å². The van der Waals surface area contributed by atoms with Crippen molar-refractivity contribution < 1.29 is 14.0 Å². The highest BCUT2D eigenvalue weighted by Gasteiger charge is 2.38. The second-order valence-corrected chi connectivity index (χ2v) is 10.4. The van der Waals surface area contributed by atoms with Gasteiger partial charge in [0.25, 0.3) is 0 Å². The number of likely N-dealkylation sites (N-methyl/N-ethyl adjacent to an activating group) is 1. The van der Waals surface area contributed by atoms with Crippen LogP contribution in [-0.4, -0.2) is 66.0 Å². The summed E-state index contributed by atoms with van der Waals surface area (Å²) < 4.78 is 15.8. The quantitative estimate of drug-likeness (QED) is 0.716. The van der Waals surface area contributed by atoms with Gasteiger partial charge in [-0.15, -0.1) is 11.8 Å². The van der Waals surface area contributed by atoms with Crippen LogP contribution < -0.4 is 10.2 Å². The van der Waals surface area contributed by atoms with Crippen LogP contribution in [0, 0.1) is 5.82 Å². The normalized spacial score (nSPS) is 16.8. The molecule has 0 saturated heterocycles. The molecule has 0 saturated carbocycles. The number of rotatable bonds is 6. The van der Waals surface area contributed by atoms with Crippen molar-refractivity contribution in [3.63, 3.8) is 0 Å². The van der Waals surface area contributed by atoms with Gasteiger partial charge in [0.05, 0.1) is 16.7 Å². The lowest BCUT2D eigenvalue weighted by Crippen LogP contribution is -2.43. The second kappa shape index (κ2) is 9.62. The van der Waals surface area contributed by atoms with Crippen LogP contribution in [0.25, 0.3) is 0 Å². The highest BCUT2D eigenvalue weighted by Crippen LogP contribution is 2.47. The Morgan fingerprint density at radius 2 is 2.06 bits per heavy atom. The number of halogens is 1. The van der Waals surface area contributed by atoms with Gasteiger partial charge in [-0.05, 0) is 31.8 Å². The van der Waals surface area contributed by atoms with Crippen molar-refractivity contribution in [2.45, 2.75) is 31.4 Å². The number of thioether (sulfide) groups is 1. The third kappa shape index (κ3) is 5.32. The number of carbonyl (C=O) groups excluding carboxylic acids is 2. The predicted molar refractivity (Wildman–Crippen MR) is 127 cm³/mol. The summed E-state index contributed by atoms with van der Waals surface area (Å²) in [4.78, 5) is 29.3. The molecule has 9 heteroatoms. The van der Waals surface area contributed by atoms with E-state index < -0.39 is 0 Å². The molecule has 1 unspecified atom stereocenters. The van der Waals surface area contributed by atoms with E-state index >= 15 is 0 Å². The van der Waals surface area contributed by atoms with Crippen LogP contribution in [0.15, 0.2) is 24.3 Å². The van der Waals surface area contributed by atoms with Crippen molar-refractivity contribution >= 4 is 29.4 Å². The fourth-order valence-corrected chi connectivity index (χ4v) is 4.98. The molecule has 3 rings (SSSR count). The third-order valence-corrected chi connectivity index (χ3v) is 6.54. The van der Waals surface area contributed by atoms with Crippen LogP contribution in [-0.2, 0) is 22.1 Å². The summed E-state index contributed by atoms with van der Waals surface area (Å²) >= 11 is 1.44. The molecule has 0 bridgehead atoms. The molecule has 1 aliphatic rings. The molecule has 7 nitrogen and oxygen atoms in total. The SMILES string of the molecule is CN(C)CCNC(=O)CN1C(=O)CSC(c2cccc(F)c2)c2c(C(C)(C)C)nn(C)c21. The Hall–Kier alpha value is -2.39. The van der Waals surface area contributed by atoms with E-state index in [1.165, 1.54) is 28.8 Å². The molecule has 0 aliphatic carbocycles. The van der Waals surface area contributed by atoms with Crippen LogP contribution in [0.3, 0.4) is 0 Å². The minimum atomic E-state index is -0.321. The number of nitrogens with one attached hydrogen (secondary N) is 1. The molecule has 32 heavy (non-hydrogen) atoms. The first-order chi connectivity index (χ1) is 15.0. The summed E-state index contributed by atoms with van der Waals surface area (Å²) in [5.41, 5.74) is 2.18. The van der Waals surface area contributed by atoms with E-state index in [2.05, 4.69) is 26.1 Å². The van der Waals surface area contributed by atoms with Crippen LogP contribution in [0.1, 0.15) is 42.8 Å². The number of amides is 2. The first-order valence-electron chi connectivity index (χ1n) is 10.6. The van der Waals surface area contributed by atoms with Crippen LogP contribution >= 0.6 is 11.8 Å². The van der Waals surface area contributed by atoms with Gasteiger partial charge in [0, 0.05) is 31.1 Å². The van der Waals surface area contributed by atoms with E-state index in [1.807, 2.05) is 25.1 Å². The van der Waals surface area contributed by atoms with Gasteiger partial charge in [-0.2, -0.15) is 5.10 Å². The molecule has 0 spiro atoms. The maximum atomic E-state index is 14.1. The monoisotopic (exact) mass is 461 g/mol. The number of carbonyl (C=O) groups is 2. The molecule has 1 atom stereocenters. The highest BCUT2D eigenvalue weighted by atomic mass is 32.2. The number of aromatic nitrogens is 2. The Balaban J connectivity index is 2.06. The number of hydrogen-bond donors (Lipinski definition) is 1. The van der Waals surface area contributed by atoms with Gasteiger partial charge < -0.3 is 10.2 Å². The van der Waals surface area contributed by atoms with Crippen molar-refractivity contribution in [1.82, 2.24) is 20.0 Å². The molecular weight excluding hydrogens is 429 g/mol. The molecule has 2 heterocycles. The number of nitrogens with zero attached hydrogens (tertiary/aromatic N) is 4. The Morgan fingerprint density at radius 3 is 2.69 bits per heavy atom. The zero-order valence-electron chi connectivity index (χ0n) is 19.6. The second-order valence-electron chi connectivity index (χ2n) is 9.34. The van der Waals surface area contributed by atoms with Crippen LogP contribution in [0.5, 0.6) is 0 Å². The summed E-state index contributed by atoms with van der Waals surface area (Å²) in [5.74, 6) is 0.0745. The average Bonchev–Trinajstić information content (AvgIpc) is 2.96. The Labute approximate surface area is 193 Å². The highest BCUT2D eigenvalue weighted by molar-refractivity contribution is 8.00. The molecule has 1 aliphatic heterocycles. The lowest BCUT2D eigenvalue weighted by Gasteiger charge is -2.24. The maximum Gasteiger partial charge on any atom is 0.240 e. The van der Waals surface area contributed by atoms with E-state index in [0.29, 0.717) is 18.9 Å². The summed E-state index contributed by atoms with van der Waals surface area (Å²) in [6.45, 7) is 7.32. The van der Waals surface area contributed by atoms with Gasteiger partial charge in [0.15, 0.2) is 0 Å². The fourth-order valence-electron chi connectivity index (χ4n) is 3.80. The van der Waals surface area contributed by atoms with E-state index in [-0.39, 0.29) is 40.6 Å². The van der Waals surface area contributed by atoms with Gasteiger partial charge in [0.2, 0.25) is 11.8 Å². The third-order valence-electron chi connectivity index (χ3n) is 5.29. The molecular formula is C23H32FN5O2S. The minimum absolute atomic E-state index is 0.0845. The number of aryl methyl sites for hydroxylation is 1. The van der Waals surface area contributed by atoms with Gasteiger partial charge in [0.1, 0.15) is 18.2 Å². The average molecular weight is 462 g/mol. The standard InChI is InChI=1S/C23H32FN5O2S/c1-23(2,3)21-19-20(15-8-7-9-16(24)12-15)32-14-18(31)29(22(19)28(6)26-21)13-17(30)25-10-11-27(4)5/h7-9,12,20H,10-11,13-14H2,1-6H3,(H,25,30). The number of hydrogen-bond acceptors (Lipinski definition) is 5. The molecule has 1 aromatic carbocycles. The summed E-state index contributed by atoms with van der Waals surface area (Å²) in [6.07, 6.45) is 0. The first-order valence-corrected chi connectivity index (χ1v) is 11.7. The molecule has 1 aromatic heterocycles. The lowest BCUT2D eigenvalue weighted by atomic mass is 9.87. The number of fused-ring (bicyclic) bond motifs is 1. The Kier molecular flexibility index (Phi) is 7.29. The fraction of sp³-hybridized carbons (Fsp3) is 0.522. The summed E-state index contributed by atoms with van der Waals surface area (Å²) in [6, 6.07) is 6.48. The summed E-state index contributed by atoms with van der Waals surface area (Å²) in [5, 5.41) is 7.37. The maximum absolute atomic E-state index is 14.1. The Bertz CT molecular complexity index is 999. The Morgan fingerprint density at radius 1 is 1.34 bits per heavy atom. The number of anilines is 1. The van der Waals surface area contributed by atoms with Crippen LogP contribution in [0.4, 0.5) is 10.2 Å². The minimum Gasteiger partial charge on any atom is -0.353 e. The lowest BCUT2D eigenvalue weighted by molar-refractivity contribution is -0.122. The topological polar surface area (TPSA) is 70.5 Å². The van der Waals surface area contributed by atoms with Gasteiger partial charge in [-0.3, -0.25) is 19.2 Å². The molecule has 174 valence electrons. The summed E-state index contributed by atoms with van der Waals surface area (Å²) in [7, 11) is 5.66. The van der Waals surface area contributed by atoms with Gasteiger partial charge in [-0.1, -0.05) is 32.9 Å². The van der Waals surface area contributed by atoms with E-state index in [9.17, 15) is 14.0 Å². The molecule has 0 radical (unpaired) electrons.